The quantitative estimate of drug-likeness (QED) is 0.398. The molecule has 0 aromatic rings. The predicted molar refractivity (Wildman–Crippen MR) is 111 cm³/mol. The molecule has 0 rings (SSSR count). The number of hydrogen-bond acceptors (Lipinski definition) is 0. The van der Waals surface area contributed by atoms with Gasteiger partial charge < -0.3 is 17.1 Å². The Morgan fingerprint density at radius 2 is 0.667 bits per heavy atom. The zero-order valence-electron chi connectivity index (χ0n) is 17.5. The summed E-state index contributed by atoms with van der Waals surface area (Å²) in [6.45, 7) is 26.3. The minimum atomic E-state index is -0.901. The van der Waals surface area contributed by atoms with Gasteiger partial charge in [0.2, 0.25) is 0 Å². The summed E-state index contributed by atoms with van der Waals surface area (Å²) in [5.41, 5.74) is 0. The van der Waals surface area contributed by atoms with E-state index in [1.807, 2.05) is 0 Å². The molecule has 0 nitrogen and oxygen atoms in total. The molecule has 0 heterocycles. The van der Waals surface area contributed by atoms with Gasteiger partial charge >= 0.3 is 130 Å². The van der Waals surface area contributed by atoms with Crippen molar-refractivity contribution in [1.29, 1.82) is 0 Å². The molecule has 0 fully saturated rings. The third-order valence-corrected chi connectivity index (χ3v) is 71.4. The molecule has 0 saturated heterocycles. The fraction of sp³-hybridized carbons (Fsp3) is 1.00. The van der Waals surface area contributed by atoms with Crippen molar-refractivity contribution in [3.05, 3.63) is 0 Å². The molecule has 0 bridgehead atoms. The van der Waals surface area contributed by atoms with Gasteiger partial charge in [0, 0.05) is 0 Å². The Morgan fingerprint density at radius 1 is 0.524 bits per heavy atom. The van der Waals surface area contributed by atoms with Gasteiger partial charge in [-0.05, 0) is 0 Å². The maximum absolute atomic E-state index is 2.71. The topological polar surface area (TPSA) is 0 Å². The van der Waals surface area contributed by atoms with Crippen LogP contribution < -0.4 is 103 Å². The first-order valence-corrected chi connectivity index (χ1v) is 31.4. The largest absolute Gasteiger partial charge is 1.00 e. The van der Waals surface area contributed by atoms with E-state index in [4.69, 9.17) is 0 Å². The van der Waals surface area contributed by atoms with Crippen LogP contribution in [0.3, 0.4) is 0 Å². The van der Waals surface area contributed by atoms with E-state index in [1.165, 1.54) is 17.1 Å². The second kappa shape index (κ2) is 14.2. The third kappa shape index (κ3) is 19.7. The van der Waals surface area contributed by atoms with Gasteiger partial charge in [0.05, 0.1) is 0 Å². The van der Waals surface area contributed by atoms with Crippen LogP contribution in [0.5, 0.6) is 0 Å². The van der Waals surface area contributed by atoms with Gasteiger partial charge in [-0.25, -0.2) is 0 Å². The van der Waals surface area contributed by atoms with Crippen LogP contribution in [0.1, 0.15) is 0 Å². The Morgan fingerprint density at radius 3 is 0.762 bits per heavy atom. The van der Waals surface area contributed by atoms with Crippen molar-refractivity contribution in [2.24, 2.45) is 0 Å². The van der Waals surface area contributed by atoms with Gasteiger partial charge in [-0.15, -0.1) is 80.7 Å². The predicted octanol–water partition coefficient (Wildman–Crippen LogP) is -1.65. The van der Waals surface area contributed by atoms with Crippen LogP contribution in [-0.2, 0) is 0 Å². The van der Waals surface area contributed by atoms with E-state index < -0.39 is 29.4 Å². The molecule has 21 heavy (non-hydrogen) atoms. The summed E-state index contributed by atoms with van der Waals surface area (Å²) < 4.78 is 0. The SMILES string of the molecule is C[Si](C)(C)[Si-][Si](C)(C)[Si](C)(C)[Si-][Si](C)(C)C.[CH3][Ge][CH3].[K+].[K+]. The van der Waals surface area contributed by atoms with Gasteiger partial charge in [0.15, 0.2) is 0 Å². The first kappa shape index (κ1) is 33.7. The average Bonchev–Trinajstić information content (AvgIpc) is 1.94. The smallest absolute Gasteiger partial charge is 1.00 e. The molecule has 0 aliphatic rings. The van der Waals surface area contributed by atoms with Crippen molar-refractivity contribution in [2.75, 3.05) is 0 Å². The van der Waals surface area contributed by atoms with Gasteiger partial charge in [-0.1, -0.05) is 0 Å². The van der Waals surface area contributed by atoms with Crippen molar-refractivity contribution in [2.45, 2.75) is 77.0 Å². The van der Waals surface area contributed by atoms with E-state index in [0.717, 1.165) is 0 Å². The van der Waals surface area contributed by atoms with Crippen molar-refractivity contribution in [3.63, 3.8) is 0 Å². The summed E-state index contributed by atoms with van der Waals surface area (Å²) in [4.78, 5) is 0. The molecule has 0 aliphatic carbocycles. The molecule has 4 radical (unpaired) electrons. The van der Waals surface area contributed by atoms with Crippen LogP contribution in [0.15, 0.2) is 0 Å². The minimum Gasteiger partial charge on any atom is 1.00 e. The normalized spacial score (nSPS) is 12.6. The summed E-state index contributed by atoms with van der Waals surface area (Å²) in [5.74, 6) is 4.50. The first-order chi connectivity index (χ1) is 8.08. The summed E-state index contributed by atoms with van der Waals surface area (Å²) in [5, 5.41) is 0. The standard InChI is InChI=1S/C10H30Si6.C2H6Ge.2K/c1-13(2,3)11-15(7,8)16(9,10)12-14(4,5)6;1-3-2;;/h1-10H3;1-2H3;;/q-2;;2*+1. The molecule has 114 valence electrons. The van der Waals surface area contributed by atoms with Crippen molar-refractivity contribution >= 4 is 61.9 Å². The Balaban J connectivity index is -0.000000264. The van der Waals surface area contributed by atoms with Crippen LogP contribution in [0.4, 0.5) is 0 Å². The Labute approximate surface area is 236 Å². The monoisotopic (exact) mass is 500 g/mol. The summed E-state index contributed by atoms with van der Waals surface area (Å²) >= 11 is 0.500. The molecule has 0 aliphatic heterocycles. The van der Waals surface area contributed by atoms with Gasteiger partial charge in [-0.2, -0.15) is 14.2 Å². The summed E-state index contributed by atoms with van der Waals surface area (Å²) in [6.07, 6.45) is 0. The fourth-order valence-electron chi connectivity index (χ4n) is 2.19. The Kier molecular flexibility index (Phi) is 22.7. The summed E-state index contributed by atoms with van der Waals surface area (Å²) in [7, 11) is -0.720. The van der Waals surface area contributed by atoms with Crippen LogP contribution in [0, 0.1) is 0 Å². The molecular formula is C12H36GeK2Si6. The minimum absolute atomic E-state index is 0. The van der Waals surface area contributed by atoms with Crippen LogP contribution in [0.2, 0.25) is 77.0 Å². The Hall–Kier alpha value is 5.12. The van der Waals surface area contributed by atoms with Gasteiger partial charge in [-0.3, -0.25) is 0 Å². The van der Waals surface area contributed by atoms with E-state index >= 15 is 0 Å². The van der Waals surface area contributed by atoms with E-state index in [2.05, 4.69) is 77.0 Å². The molecule has 0 spiro atoms. The maximum atomic E-state index is 2.71. The van der Waals surface area contributed by atoms with Crippen molar-refractivity contribution in [1.82, 2.24) is 0 Å². The Bertz CT molecular complexity index is 235. The number of rotatable bonds is 5. The van der Waals surface area contributed by atoms with Crippen LogP contribution in [-0.4, -0.2) is 61.9 Å². The summed E-state index contributed by atoms with van der Waals surface area (Å²) in [6, 6.07) is 0. The molecule has 0 unspecified atom stereocenters. The van der Waals surface area contributed by atoms with E-state index in [9.17, 15) is 0 Å². The van der Waals surface area contributed by atoms with E-state index in [-0.39, 0.29) is 103 Å². The van der Waals surface area contributed by atoms with Crippen molar-refractivity contribution < 1.29 is 103 Å². The molecule has 0 amide bonds. The molecule has 0 N–H and O–H groups in total. The number of hydrogen-bond donors (Lipinski definition) is 0. The van der Waals surface area contributed by atoms with Crippen LogP contribution in [0.25, 0.3) is 0 Å². The first-order valence-electron chi connectivity index (χ1n) is 7.25. The van der Waals surface area contributed by atoms with E-state index in [1.54, 1.807) is 0 Å². The molecule has 0 saturated carbocycles. The molecule has 0 aromatic carbocycles. The van der Waals surface area contributed by atoms with E-state index in [0.29, 0.717) is 15.4 Å². The second-order valence-electron chi connectivity index (χ2n) is 8.50. The molecular weight excluding hydrogens is 463 g/mol. The van der Waals surface area contributed by atoms with Gasteiger partial charge in [0.25, 0.3) is 0 Å². The van der Waals surface area contributed by atoms with Crippen molar-refractivity contribution in [3.8, 4) is 0 Å². The average molecular weight is 500 g/mol. The molecule has 9 heteroatoms. The molecule has 0 atom stereocenters. The van der Waals surface area contributed by atoms with Crippen LogP contribution >= 0.6 is 0 Å². The second-order valence-corrected chi connectivity index (χ2v) is 59.6. The molecule has 0 aromatic heterocycles. The fourth-order valence-corrected chi connectivity index (χ4v) is 106. The zero-order valence-corrected chi connectivity index (χ0v) is 31.8. The maximum Gasteiger partial charge on any atom is 1.00 e. The van der Waals surface area contributed by atoms with Gasteiger partial charge in [0.1, 0.15) is 0 Å². The zero-order chi connectivity index (χ0) is 16.1. The third-order valence-electron chi connectivity index (χ3n) is 2.94.